The summed E-state index contributed by atoms with van der Waals surface area (Å²) in [6.07, 6.45) is 3.29. The van der Waals surface area contributed by atoms with Gasteiger partial charge in [0.15, 0.2) is 18.1 Å². The third-order valence-corrected chi connectivity index (χ3v) is 6.28. The zero-order chi connectivity index (χ0) is 29.4. The predicted octanol–water partition coefficient (Wildman–Crippen LogP) is 4.76. The molecular weight excluding hydrogens is 524 g/mol. The summed E-state index contributed by atoms with van der Waals surface area (Å²) in [5, 5.41) is 2.23. The third kappa shape index (κ3) is 6.83. The molecule has 0 fully saturated rings. The molecule has 4 rings (SSSR count). The largest absolute Gasteiger partial charge is 0.493 e. The van der Waals surface area contributed by atoms with E-state index in [0.717, 1.165) is 11.1 Å². The van der Waals surface area contributed by atoms with Gasteiger partial charge in [-0.1, -0.05) is 54.6 Å². The second-order valence-electron chi connectivity index (χ2n) is 8.92. The topological polar surface area (TPSA) is 105 Å². The fourth-order valence-electron chi connectivity index (χ4n) is 4.22. The summed E-state index contributed by atoms with van der Waals surface area (Å²) >= 11 is 0. The van der Waals surface area contributed by atoms with E-state index < -0.39 is 24.4 Å². The van der Waals surface area contributed by atoms with Crippen molar-refractivity contribution < 1.29 is 33.3 Å². The molecule has 0 aliphatic heterocycles. The molecule has 1 heterocycles. The number of ether oxygens (including phenoxy) is 4. The fraction of sp³-hybridized carbons (Fsp3) is 0.156. The van der Waals surface area contributed by atoms with E-state index in [1.54, 1.807) is 60.3 Å². The zero-order valence-electron chi connectivity index (χ0n) is 23.2. The van der Waals surface area contributed by atoms with Crippen LogP contribution in [0.2, 0.25) is 0 Å². The molecule has 0 saturated heterocycles. The average molecular weight is 555 g/mol. The number of methoxy groups -OCH3 is 3. The molecule has 1 N–H and O–H groups in total. The molecule has 9 nitrogen and oxygen atoms in total. The highest BCUT2D eigenvalue weighted by atomic mass is 16.5. The van der Waals surface area contributed by atoms with Crippen LogP contribution < -0.4 is 19.5 Å². The van der Waals surface area contributed by atoms with Crippen LogP contribution in [-0.2, 0) is 21.4 Å². The normalized spacial score (nSPS) is 11.0. The number of carbonyl (C=O) groups excluding carboxylic acids is 3. The summed E-state index contributed by atoms with van der Waals surface area (Å²) in [7, 11) is 6.18. The fourth-order valence-corrected chi connectivity index (χ4v) is 4.22. The zero-order valence-corrected chi connectivity index (χ0v) is 23.2. The molecular formula is C32H30N2O7. The summed E-state index contributed by atoms with van der Waals surface area (Å²) in [5.41, 5.74) is 3.60. The predicted molar refractivity (Wildman–Crippen MR) is 155 cm³/mol. The van der Waals surface area contributed by atoms with Gasteiger partial charge >= 0.3 is 5.97 Å². The number of amides is 2. The first kappa shape index (κ1) is 28.7. The highest BCUT2D eigenvalue weighted by molar-refractivity contribution is 6.22. The maximum absolute atomic E-state index is 13.4. The number of aryl methyl sites for hydroxylation is 1. The van der Waals surface area contributed by atoms with Crippen LogP contribution in [-0.4, -0.2) is 50.3 Å². The number of hydrogen-bond donors (Lipinski definition) is 1. The number of carbonyl (C=O) groups is 3. The smallest absolute Gasteiger partial charge is 0.339 e. The van der Waals surface area contributed by atoms with E-state index in [-0.39, 0.29) is 5.57 Å². The number of nitrogens with one attached hydrogen (secondary N) is 1. The molecule has 0 spiro atoms. The molecule has 0 atom stereocenters. The number of hydrogen-bond acceptors (Lipinski definition) is 7. The van der Waals surface area contributed by atoms with Gasteiger partial charge in [0.1, 0.15) is 5.69 Å². The summed E-state index contributed by atoms with van der Waals surface area (Å²) in [6, 6.07) is 23.8. The van der Waals surface area contributed by atoms with Crippen LogP contribution in [0.25, 0.3) is 22.8 Å². The highest BCUT2D eigenvalue weighted by Gasteiger charge is 2.20. The monoisotopic (exact) mass is 554 g/mol. The van der Waals surface area contributed by atoms with E-state index in [1.807, 2.05) is 42.5 Å². The van der Waals surface area contributed by atoms with Gasteiger partial charge in [0.2, 0.25) is 5.75 Å². The minimum atomic E-state index is -0.757. The van der Waals surface area contributed by atoms with E-state index in [0.29, 0.717) is 34.1 Å². The maximum atomic E-state index is 13.4. The highest BCUT2D eigenvalue weighted by Crippen LogP contribution is 2.39. The molecule has 0 unspecified atom stereocenters. The SMILES string of the molecule is COc1cc(C=C(C(=O)OCC(=O)NC(=O)c2cccn2C)c2ccc(-c3ccccc3)cc2)cc(OC)c1OC. The van der Waals surface area contributed by atoms with Gasteiger partial charge in [0.05, 0.1) is 26.9 Å². The lowest BCUT2D eigenvalue weighted by atomic mass is 9.98. The minimum absolute atomic E-state index is 0.181. The van der Waals surface area contributed by atoms with Crippen molar-refractivity contribution in [3.8, 4) is 28.4 Å². The average Bonchev–Trinajstić information content (AvgIpc) is 3.44. The van der Waals surface area contributed by atoms with E-state index in [4.69, 9.17) is 18.9 Å². The molecule has 9 heteroatoms. The standard InChI is InChI=1S/C32H30N2O7/c1-34-16-8-11-26(34)31(36)33-29(35)20-41-32(37)25(17-21-18-27(38-2)30(40-4)28(19-21)39-3)24-14-12-23(13-15-24)22-9-6-5-7-10-22/h5-19H,20H2,1-4H3,(H,33,35,36). The van der Waals surface area contributed by atoms with Crippen LogP contribution in [0, 0.1) is 0 Å². The first-order valence-electron chi connectivity index (χ1n) is 12.6. The summed E-state index contributed by atoms with van der Waals surface area (Å²) < 4.78 is 23.2. The minimum Gasteiger partial charge on any atom is -0.493 e. The Morgan fingerprint density at radius 1 is 0.805 bits per heavy atom. The van der Waals surface area contributed by atoms with Crippen LogP contribution in [0.15, 0.2) is 85.1 Å². The van der Waals surface area contributed by atoms with Gasteiger partial charge in [-0.3, -0.25) is 14.9 Å². The van der Waals surface area contributed by atoms with Crippen LogP contribution in [0.1, 0.15) is 21.6 Å². The quantitative estimate of drug-likeness (QED) is 0.171. The molecule has 0 aliphatic rings. The van der Waals surface area contributed by atoms with Crippen LogP contribution in [0.5, 0.6) is 17.2 Å². The van der Waals surface area contributed by atoms with Gasteiger partial charge < -0.3 is 23.5 Å². The van der Waals surface area contributed by atoms with Crippen molar-refractivity contribution in [2.75, 3.05) is 27.9 Å². The number of benzene rings is 3. The molecule has 2 amide bonds. The Labute approximate surface area is 237 Å². The van der Waals surface area contributed by atoms with Crippen molar-refractivity contribution in [2.45, 2.75) is 0 Å². The van der Waals surface area contributed by atoms with Gasteiger partial charge in [0, 0.05) is 13.2 Å². The van der Waals surface area contributed by atoms with Gasteiger partial charge in [-0.2, -0.15) is 0 Å². The number of imide groups is 1. The first-order chi connectivity index (χ1) is 19.8. The molecule has 3 aromatic carbocycles. The third-order valence-electron chi connectivity index (χ3n) is 6.28. The van der Waals surface area contributed by atoms with Crippen LogP contribution in [0.3, 0.4) is 0 Å². The van der Waals surface area contributed by atoms with Crippen LogP contribution >= 0.6 is 0 Å². The summed E-state index contributed by atoms with van der Waals surface area (Å²) in [6.45, 7) is -0.649. The lowest BCUT2D eigenvalue weighted by Crippen LogP contribution is -2.35. The Morgan fingerprint density at radius 3 is 2.00 bits per heavy atom. The molecule has 41 heavy (non-hydrogen) atoms. The van der Waals surface area contributed by atoms with Gasteiger partial charge in [-0.25, -0.2) is 4.79 Å². The molecule has 0 saturated carbocycles. The summed E-state index contributed by atoms with van der Waals surface area (Å²) in [4.78, 5) is 38.2. The van der Waals surface area contributed by atoms with E-state index in [9.17, 15) is 14.4 Å². The lowest BCUT2D eigenvalue weighted by Gasteiger charge is -2.14. The Kier molecular flexibility index (Phi) is 9.21. The van der Waals surface area contributed by atoms with Gasteiger partial charge in [0.25, 0.3) is 11.8 Å². The Hall–Kier alpha value is -5.31. The molecule has 1 aromatic heterocycles. The van der Waals surface area contributed by atoms with Crippen molar-refractivity contribution >= 4 is 29.4 Å². The second-order valence-corrected chi connectivity index (χ2v) is 8.92. The number of rotatable bonds is 10. The maximum Gasteiger partial charge on any atom is 0.339 e. The molecule has 0 radical (unpaired) electrons. The number of aromatic nitrogens is 1. The molecule has 0 aliphatic carbocycles. The summed E-state index contributed by atoms with van der Waals surface area (Å²) in [5.74, 6) is -0.886. The van der Waals surface area contributed by atoms with E-state index in [2.05, 4.69) is 5.32 Å². The second kappa shape index (κ2) is 13.2. The molecule has 4 aromatic rings. The number of nitrogens with zero attached hydrogens (tertiary/aromatic N) is 1. The first-order valence-corrected chi connectivity index (χ1v) is 12.6. The van der Waals surface area contributed by atoms with Crippen molar-refractivity contribution in [1.29, 1.82) is 0 Å². The Bertz CT molecular complexity index is 1550. The Morgan fingerprint density at radius 2 is 1.44 bits per heavy atom. The van der Waals surface area contributed by atoms with Crippen molar-refractivity contribution in [3.05, 3.63) is 102 Å². The van der Waals surface area contributed by atoms with Gasteiger partial charge in [-0.15, -0.1) is 0 Å². The van der Waals surface area contributed by atoms with Crippen molar-refractivity contribution in [1.82, 2.24) is 9.88 Å². The lowest BCUT2D eigenvalue weighted by molar-refractivity contribution is -0.142. The van der Waals surface area contributed by atoms with E-state index >= 15 is 0 Å². The van der Waals surface area contributed by atoms with Crippen molar-refractivity contribution in [3.63, 3.8) is 0 Å². The Balaban J connectivity index is 1.63. The molecule has 210 valence electrons. The number of esters is 1. The van der Waals surface area contributed by atoms with E-state index in [1.165, 1.54) is 21.3 Å². The van der Waals surface area contributed by atoms with Gasteiger partial charge in [-0.05, 0) is 52.6 Å². The van der Waals surface area contributed by atoms with Crippen molar-refractivity contribution in [2.24, 2.45) is 7.05 Å². The molecule has 0 bridgehead atoms. The van der Waals surface area contributed by atoms with Crippen LogP contribution in [0.4, 0.5) is 0 Å².